The van der Waals surface area contributed by atoms with Crippen molar-refractivity contribution in [3.05, 3.63) is 52.9 Å². The Kier molecular flexibility index (Phi) is 7.28. The van der Waals surface area contributed by atoms with Crippen LogP contribution in [0.1, 0.15) is 19.5 Å². The summed E-state index contributed by atoms with van der Waals surface area (Å²) in [6.45, 7) is 2.49. The number of anilines is 1. The summed E-state index contributed by atoms with van der Waals surface area (Å²) in [4.78, 5) is 59.4. The number of oxime groups is 1. The van der Waals surface area contributed by atoms with Crippen LogP contribution in [-0.4, -0.2) is 71.4 Å². The third-order valence-electron chi connectivity index (χ3n) is 5.70. The minimum Gasteiger partial charge on any atom is -0.543 e. The summed E-state index contributed by atoms with van der Waals surface area (Å²) in [5.41, 5.74) is 3.16. The van der Waals surface area contributed by atoms with E-state index in [0.717, 1.165) is 16.2 Å². The van der Waals surface area contributed by atoms with Crippen molar-refractivity contribution in [2.75, 3.05) is 11.5 Å². The van der Waals surface area contributed by atoms with E-state index in [0.29, 0.717) is 0 Å². The number of nitrogens with one attached hydrogen (secondary N) is 1. The number of nitrogens with zero attached hydrogens (tertiary/aromatic N) is 4. The Morgan fingerprint density at radius 2 is 2.05 bits per heavy atom. The Morgan fingerprint density at radius 3 is 2.63 bits per heavy atom. The van der Waals surface area contributed by atoms with Gasteiger partial charge in [-0.1, -0.05) is 11.2 Å². The van der Waals surface area contributed by atoms with Crippen LogP contribution in [0.3, 0.4) is 0 Å². The van der Waals surface area contributed by atoms with Crippen molar-refractivity contribution in [1.82, 2.24) is 15.2 Å². The van der Waals surface area contributed by atoms with Gasteiger partial charge in [0.1, 0.15) is 17.1 Å². The molecule has 0 aromatic carbocycles. The molecule has 2 aromatic rings. The fourth-order valence-electron chi connectivity index (χ4n) is 3.73. The molecule has 2 aromatic heterocycles. The summed E-state index contributed by atoms with van der Waals surface area (Å²) in [6, 6.07) is 3.89. The number of carboxylic acid groups (broad SMARTS) is 2. The van der Waals surface area contributed by atoms with Crippen LogP contribution in [0.2, 0.25) is 0 Å². The van der Waals surface area contributed by atoms with E-state index in [1.807, 2.05) is 0 Å². The van der Waals surface area contributed by atoms with E-state index >= 15 is 0 Å². The second-order valence-electron chi connectivity index (χ2n) is 8.78. The molecule has 2 amide bonds. The van der Waals surface area contributed by atoms with Gasteiger partial charge in [0.2, 0.25) is 5.60 Å². The monoisotopic (exact) mass is 562 g/mol. The molecule has 0 spiro atoms. The van der Waals surface area contributed by atoms with Gasteiger partial charge < -0.3 is 30.9 Å². The van der Waals surface area contributed by atoms with Crippen LogP contribution in [0.25, 0.3) is 0 Å². The van der Waals surface area contributed by atoms with Crippen LogP contribution in [0.5, 0.6) is 0 Å². The number of hydrogen-bond acceptors (Lipinski definition) is 11. The SMILES string of the molecule is CC(C)(O/N=C(/C(=O)N[C@@H]1C(=O)N2C(C(=O)[O-])=C(C[n+]3ccccc3)CS(=O)[C@H]12)c1csc(N)n1)C(=O)O. The second-order valence-corrected chi connectivity index (χ2v) is 11.2. The van der Waals surface area contributed by atoms with E-state index in [9.17, 15) is 33.6 Å². The minimum absolute atomic E-state index is 0.0444. The topological polar surface area (TPSA) is 208 Å². The van der Waals surface area contributed by atoms with Crippen molar-refractivity contribution in [1.29, 1.82) is 0 Å². The number of thiazole rings is 1. The molecule has 2 aliphatic rings. The van der Waals surface area contributed by atoms with Crippen LogP contribution < -0.4 is 20.7 Å². The highest BCUT2D eigenvalue weighted by Gasteiger charge is 2.56. The van der Waals surface area contributed by atoms with Gasteiger partial charge in [0, 0.05) is 23.1 Å². The van der Waals surface area contributed by atoms with Crippen molar-refractivity contribution >= 4 is 56.7 Å². The zero-order valence-electron chi connectivity index (χ0n) is 20.0. The van der Waals surface area contributed by atoms with Crippen LogP contribution in [0.15, 0.2) is 52.4 Å². The largest absolute Gasteiger partial charge is 0.543 e. The highest BCUT2D eigenvalue weighted by atomic mass is 32.2. The maximum Gasteiger partial charge on any atom is 0.350 e. The van der Waals surface area contributed by atoms with Crippen molar-refractivity contribution in [3.63, 3.8) is 0 Å². The van der Waals surface area contributed by atoms with Gasteiger partial charge in [-0.3, -0.25) is 18.7 Å². The van der Waals surface area contributed by atoms with E-state index < -0.39 is 63.0 Å². The summed E-state index contributed by atoms with van der Waals surface area (Å²) in [7, 11) is -1.77. The van der Waals surface area contributed by atoms with Gasteiger partial charge in [0.15, 0.2) is 29.8 Å². The lowest BCUT2D eigenvalue weighted by molar-refractivity contribution is -0.689. The summed E-state index contributed by atoms with van der Waals surface area (Å²) < 4.78 is 14.8. The quantitative estimate of drug-likeness (QED) is 0.129. The lowest BCUT2D eigenvalue weighted by Crippen LogP contribution is -2.74. The molecule has 0 aliphatic carbocycles. The van der Waals surface area contributed by atoms with Gasteiger partial charge in [-0.2, -0.15) is 0 Å². The van der Waals surface area contributed by atoms with Gasteiger partial charge in [0.25, 0.3) is 11.8 Å². The van der Waals surface area contributed by atoms with Gasteiger partial charge in [-0.05, 0) is 13.8 Å². The molecule has 1 unspecified atom stereocenters. The number of aliphatic carboxylic acids is 2. The summed E-state index contributed by atoms with van der Waals surface area (Å²) in [5.74, 6) is -4.93. The third kappa shape index (κ3) is 5.12. The summed E-state index contributed by atoms with van der Waals surface area (Å²) >= 11 is 0.982. The van der Waals surface area contributed by atoms with Crippen LogP contribution in [0.4, 0.5) is 5.13 Å². The van der Waals surface area contributed by atoms with Crippen LogP contribution in [-0.2, 0) is 41.4 Å². The van der Waals surface area contributed by atoms with Crippen molar-refractivity contribution in [2.45, 2.75) is 37.4 Å². The molecule has 4 heterocycles. The fourth-order valence-corrected chi connectivity index (χ4v) is 5.95. The molecule has 14 nitrogen and oxygen atoms in total. The lowest BCUT2D eigenvalue weighted by Gasteiger charge is -2.50. The Morgan fingerprint density at radius 1 is 1.37 bits per heavy atom. The predicted molar refractivity (Wildman–Crippen MR) is 130 cm³/mol. The first kappa shape index (κ1) is 26.9. The molecule has 0 radical (unpaired) electrons. The van der Waals surface area contributed by atoms with Crippen molar-refractivity contribution < 1.29 is 43.0 Å². The number of β-lactam (4-membered cyclic amide) rings is 1. The number of hydrogen-bond donors (Lipinski definition) is 3. The highest BCUT2D eigenvalue weighted by molar-refractivity contribution is 7.86. The molecule has 3 atom stereocenters. The minimum atomic E-state index is -1.80. The molecule has 38 heavy (non-hydrogen) atoms. The predicted octanol–water partition coefficient (Wildman–Crippen LogP) is -2.28. The molecule has 200 valence electrons. The fraction of sp³-hybridized carbons (Fsp3) is 0.318. The average Bonchev–Trinajstić information content (AvgIpc) is 3.28. The van der Waals surface area contributed by atoms with E-state index in [1.165, 1.54) is 19.2 Å². The second kappa shape index (κ2) is 10.3. The summed E-state index contributed by atoms with van der Waals surface area (Å²) in [6.07, 6.45) is 3.38. The smallest absolute Gasteiger partial charge is 0.350 e. The van der Waals surface area contributed by atoms with E-state index in [-0.39, 0.29) is 28.7 Å². The van der Waals surface area contributed by atoms with Gasteiger partial charge in [-0.15, -0.1) is 11.3 Å². The standard InChI is InChI=1S/C22H22N6O8S2/c1-22(2,20(33)34)36-26-13(12-9-37-21(23)24-12)16(29)25-14-17(30)28-15(19(31)32)11(10-38(35)18(14)28)8-27-6-4-3-5-7-27/h3-7,9,14,18H,8,10H2,1-2H3,(H4-,23,24,25,29,31,32,33,34)/b26-13+/t14-,18-,38?/m1/s1. The van der Waals surface area contributed by atoms with E-state index in [1.54, 1.807) is 35.2 Å². The maximum absolute atomic E-state index is 13.1. The average molecular weight is 563 g/mol. The number of aromatic nitrogens is 2. The molecule has 0 bridgehead atoms. The molecular formula is C22H22N6O8S2. The van der Waals surface area contributed by atoms with Gasteiger partial charge in [-0.25, -0.2) is 14.3 Å². The number of nitrogens with two attached hydrogens (primary N) is 1. The number of amides is 2. The Labute approximate surface area is 221 Å². The number of rotatable bonds is 9. The van der Waals surface area contributed by atoms with E-state index in [2.05, 4.69) is 15.5 Å². The number of fused-ring (bicyclic) bond motifs is 1. The molecule has 4 rings (SSSR count). The lowest BCUT2D eigenvalue weighted by atomic mass is 10.0. The third-order valence-corrected chi connectivity index (χ3v) is 8.02. The number of carboxylic acids is 2. The normalized spacial score (nSPS) is 21.4. The molecule has 4 N–H and O–H groups in total. The number of nitrogen functional groups attached to an aromatic ring is 1. The van der Waals surface area contributed by atoms with Crippen LogP contribution in [0, 0.1) is 0 Å². The first-order valence-corrected chi connectivity index (χ1v) is 13.3. The molecular weight excluding hydrogens is 540 g/mol. The van der Waals surface area contributed by atoms with Crippen LogP contribution >= 0.6 is 11.3 Å². The highest BCUT2D eigenvalue weighted by Crippen LogP contribution is 2.34. The zero-order chi connectivity index (χ0) is 27.8. The van der Waals surface area contributed by atoms with E-state index in [4.69, 9.17) is 10.6 Å². The Hall–Kier alpha value is -4.18. The molecule has 16 heteroatoms. The molecule has 1 fully saturated rings. The molecule has 2 aliphatic heterocycles. The number of pyridine rings is 1. The molecule has 0 saturated carbocycles. The van der Waals surface area contributed by atoms with Gasteiger partial charge >= 0.3 is 5.97 Å². The van der Waals surface area contributed by atoms with Crippen molar-refractivity contribution in [3.8, 4) is 0 Å². The Bertz CT molecular complexity index is 1400. The Balaban J connectivity index is 1.60. The first-order valence-electron chi connectivity index (χ1n) is 11.0. The van der Waals surface area contributed by atoms with Crippen molar-refractivity contribution in [2.24, 2.45) is 5.16 Å². The molecule has 1 saturated heterocycles. The summed E-state index contributed by atoms with van der Waals surface area (Å²) in [5, 5.41) is 27.6. The first-order chi connectivity index (χ1) is 17.9. The zero-order valence-corrected chi connectivity index (χ0v) is 21.7. The maximum atomic E-state index is 13.1. The van der Waals surface area contributed by atoms with Gasteiger partial charge in [0.05, 0.1) is 28.2 Å². The number of carbonyl (C=O) groups excluding carboxylic acids is 3. The number of carbonyl (C=O) groups is 4.